The van der Waals surface area contributed by atoms with Crippen LogP contribution in [-0.2, 0) is 22.6 Å². The number of carbonyl (C=O) groups is 2. The van der Waals surface area contributed by atoms with Crippen molar-refractivity contribution in [2.75, 3.05) is 20.1 Å². The molecule has 0 fully saturated rings. The minimum absolute atomic E-state index is 0.0528. The van der Waals surface area contributed by atoms with Crippen LogP contribution >= 0.6 is 0 Å². The number of carbonyl (C=O) groups excluding carboxylic acids is 2. The van der Waals surface area contributed by atoms with Crippen molar-refractivity contribution in [3.05, 3.63) is 41.5 Å². The highest BCUT2D eigenvalue weighted by atomic mass is 16.3. The minimum atomic E-state index is -0.262. The summed E-state index contributed by atoms with van der Waals surface area (Å²) in [7, 11) is 1.59. The van der Waals surface area contributed by atoms with Gasteiger partial charge in [0.2, 0.25) is 11.8 Å². The summed E-state index contributed by atoms with van der Waals surface area (Å²) in [5, 5.41) is 9.72. The number of likely N-dealkylation sites (N-methyl/N-ethyl adjacent to an activating group) is 1. The number of amides is 2. The summed E-state index contributed by atoms with van der Waals surface area (Å²) in [5.41, 5.74) is 2.95. The molecule has 1 aromatic carbocycles. The van der Waals surface area contributed by atoms with Gasteiger partial charge < -0.3 is 14.9 Å². The van der Waals surface area contributed by atoms with Crippen LogP contribution in [0.4, 0.5) is 0 Å². The highest BCUT2D eigenvalue weighted by Gasteiger charge is 2.23. The van der Waals surface area contributed by atoms with Crippen molar-refractivity contribution in [3.8, 4) is 5.75 Å². The van der Waals surface area contributed by atoms with Crippen molar-refractivity contribution < 1.29 is 14.7 Å². The average molecular weight is 288 g/mol. The van der Waals surface area contributed by atoms with E-state index in [9.17, 15) is 14.7 Å². The molecule has 0 saturated carbocycles. The van der Waals surface area contributed by atoms with Gasteiger partial charge in [-0.25, -0.2) is 0 Å². The van der Waals surface area contributed by atoms with Gasteiger partial charge in [-0.1, -0.05) is 12.6 Å². The Morgan fingerprint density at radius 1 is 1.43 bits per heavy atom. The number of hydrogen-bond donors (Lipinski definition) is 1. The van der Waals surface area contributed by atoms with Crippen LogP contribution in [0.1, 0.15) is 16.7 Å². The molecule has 0 radical (unpaired) electrons. The lowest BCUT2D eigenvalue weighted by Gasteiger charge is -2.30. The number of aryl methyl sites for hydroxylation is 1. The minimum Gasteiger partial charge on any atom is -0.508 e. The van der Waals surface area contributed by atoms with Gasteiger partial charge >= 0.3 is 0 Å². The number of nitrogens with zero attached hydrogens (tertiary/aromatic N) is 2. The molecule has 0 atom stereocenters. The standard InChI is InChI=1S/C16H20N2O3/c1-4-15(20)17(3)10-16(21)18-6-5-12-8-14(19)11(2)7-13(12)9-18/h4,7-8,19H,1,5-6,9-10H2,2-3H3. The van der Waals surface area contributed by atoms with Crippen molar-refractivity contribution in [2.24, 2.45) is 0 Å². The second-order valence-electron chi connectivity index (χ2n) is 5.37. The van der Waals surface area contributed by atoms with Crippen LogP contribution in [0.3, 0.4) is 0 Å². The first-order valence-corrected chi connectivity index (χ1v) is 6.89. The van der Waals surface area contributed by atoms with Crippen molar-refractivity contribution in [2.45, 2.75) is 19.9 Å². The van der Waals surface area contributed by atoms with Crippen LogP contribution in [0.2, 0.25) is 0 Å². The summed E-state index contributed by atoms with van der Waals surface area (Å²) in [5.74, 6) is -0.0459. The SMILES string of the molecule is C=CC(=O)N(C)CC(=O)N1CCc2cc(O)c(C)cc2C1. The van der Waals surface area contributed by atoms with Gasteiger partial charge in [0.25, 0.3) is 0 Å². The zero-order valence-corrected chi connectivity index (χ0v) is 12.4. The van der Waals surface area contributed by atoms with Crippen molar-refractivity contribution in [1.29, 1.82) is 0 Å². The van der Waals surface area contributed by atoms with Crippen molar-refractivity contribution in [3.63, 3.8) is 0 Å². The first-order chi connectivity index (χ1) is 9.92. The molecule has 0 spiro atoms. The summed E-state index contributed by atoms with van der Waals surface area (Å²) in [6.07, 6.45) is 1.92. The molecule has 112 valence electrons. The smallest absolute Gasteiger partial charge is 0.246 e. The van der Waals surface area contributed by atoms with Crippen molar-refractivity contribution in [1.82, 2.24) is 9.80 Å². The van der Waals surface area contributed by atoms with E-state index in [2.05, 4.69) is 6.58 Å². The normalized spacial score (nSPS) is 13.5. The number of hydrogen-bond acceptors (Lipinski definition) is 3. The number of phenolic OH excluding ortho intramolecular Hbond substituents is 1. The van der Waals surface area contributed by atoms with Crippen LogP contribution in [0.15, 0.2) is 24.8 Å². The molecule has 5 nitrogen and oxygen atoms in total. The zero-order valence-electron chi connectivity index (χ0n) is 12.4. The van der Waals surface area contributed by atoms with Gasteiger partial charge in [0.1, 0.15) is 5.75 Å². The number of phenols is 1. The third-order valence-corrected chi connectivity index (χ3v) is 3.81. The number of rotatable bonds is 3. The van der Waals surface area contributed by atoms with E-state index in [1.807, 2.05) is 13.0 Å². The van der Waals surface area contributed by atoms with E-state index in [1.165, 1.54) is 11.0 Å². The lowest BCUT2D eigenvalue weighted by atomic mass is 9.97. The molecule has 2 amide bonds. The summed E-state index contributed by atoms with van der Waals surface area (Å²) in [6.45, 7) is 6.42. The Morgan fingerprint density at radius 2 is 2.14 bits per heavy atom. The van der Waals surface area contributed by atoms with E-state index < -0.39 is 0 Å². The molecule has 0 aliphatic carbocycles. The Balaban J connectivity index is 2.07. The van der Waals surface area contributed by atoms with E-state index in [1.54, 1.807) is 18.0 Å². The number of benzene rings is 1. The van der Waals surface area contributed by atoms with Gasteiger partial charge in [0.05, 0.1) is 6.54 Å². The maximum atomic E-state index is 12.2. The second kappa shape index (κ2) is 5.99. The van der Waals surface area contributed by atoms with Crippen molar-refractivity contribution >= 4 is 11.8 Å². The molecule has 2 rings (SSSR count). The maximum Gasteiger partial charge on any atom is 0.246 e. The van der Waals surface area contributed by atoms with Crippen LogP contribution in [-0.4, -0.2) is 46.9 Å². The average Bonchev–Trinajstić information content (AvgIpc) is 2.46. The van der Waals surface area contributed by atoms with Gasteiger partial charge in [-0.15, -0.1) is 0 Å². The molecular weight excluding hydrogens is 268 g/mol. The van der Waals surface area contributed by atoms with E-state index in [0.29, 0.717) is 25.3 Å². The highest BCUT2D eigenvalue weighted by Crippen LogP contribution is 2.26. The predicted octanol–water partition coefficient (Wildman–Crippen LogP) is 1.23. The van der Waals surface area contributed by atoms with Crippen LogP contribution in [0.25, 0.3) is 0 Å². The Hall–Kier alpha value is -2.30. The summed E-state index contributed by atoms with van der Waals surface area (Å²) < 4.78 is 0. The van der Waals surface area contributed by atoms with E-state index in [0.717, 1.165) is 16.7 Å². The molecule has 1 heterocycles. The topological polar surface area (TPSA) is 60.9 Å². The molecule has 0 bridgehead atoms. The van der Waals surface area contributed by atoms with Crippen LogP contribution in [0, 0.1) is 6.92 Å². The molecule has 0 saturated heterocycles. The summed E-state index contributed by atoms with van der Waals surface area (Å²) in [4.78, 5) is 26.8. The lowest BCUT2D eigenvalue weighted by Crippen LogP contribution is -2.42. The third kappa shape index (κ3) is 3.24. The molecule has 5 heteroatoms. The Bertz CT molecular complexity index is 595. The fourth-order valence-corrected chi connectivity index (χ4v) is 2.47. The molecular formula is C16H20N2O3. The van der Waals surface area contributed by atoms with Gasteiger partial charge in [-0.3, -0.25) is 9.59 Å². The van der Waals surface area contributed by atoms with E-state index in [4.69, 9.17) is 0 Å². The van der Waals surface area contributed by atoms with E-state index in [-0.39, 0.29) is 18.4 Å². The molecule has 0 aromatic heterocycles. The van der Waals surface area contributed by atoms with Gasteiger partial charge in [-0.2, -0.15) is 0 Å². The first kappa shape index (κ1) is 15.1. The Kier molecular flexibility index (Phi) is 4.31. The largest absolute Gasteiger partial charge is 0.508 e. The fraction of sp³-hybridized carbons (Fsp3) is 0.375. The molecule has 0 unspecified atom stereocenters. The molecule has 1 N–H and O–H groups in total. The zero-order chi connectivity index (χ0) is 15.6. The highest BCUT2D eigenvalue weighted by molar-refractivity contribution is 5.90. The first-order valence-electron chi connectivity index (χ1n) is 6.89. The third-order valence-electron chi connectivity index (χ3n) is 3.81. The van der Waals surface area contributed by atoms with Gasteiger partial charge in [-0.05, 0) is 42.2 Å². The molecule has 1 aromatic rings. The predicted molar refractivity (Wildman–Crippen MR) is 79.8 cm³/mol. The maximum absolute atomic E-state index is 12.2. The van der Waals surface area contributed by atoms with Gasteiger partial charge in [0, 0.05) is 20.1 Å². The monoisotopic (exact) mass is 288 g/mol. The second-order valence-corrected chi connectivity index (χ2v) is 5.37. The van der Waals surface area contributed by atoms with Gasteiger partial charge in [0.15, 0.2) is 0 Å². The quantitative estimate of drug-likeness (QED) is 0.851. The van der Waals surface area contributed by atoms with Crippen LogP contribution < -0.4 is 0 Å². The summed E-state index contributed by atoms with van der Waals surface area (Å²) in [6, 6.07) is 3.70. The number of aromatic hydroxyl groups is 1. The Labute approximate surface area is 124 Å². The summed E-state index contributed by atoms with van der Waals surface area (Å²) >= 11 is 0. The molecule has 1 aliphatic heterocycles. The molecule has 21 heavy (non-hydrogen) atoms. The number of fused-ring (bicyclic) bond motifs is 1. The fourth-order valence-electron chi connectivity index (χ4n) is 2.47. The van der Waals surface area contributed by atoms with E-state index >= 15 is 0 Å². The van der Waals surface area contributed by atoms with Crippen LogP contribution in [0.5, 0.6) is 5.75 Å². The molecule has 1 aliphatic rings. The Morgan fingerprint density at radius 3 is 2.81 bits per heavy atom. The lowest BCUT2D eigenvalue weighted by molar-refractivity contribution is -0.137.